The number of hydrogen-bond acceptors (Lipinski definition) is 2. The highest BCUT2D eigenvalue weighted by molar-refractivity contribution is 6.36. The topological polar surface area (TPSA) is 29.4 Å². The maximum absolute atomic E-state index is 10.6. The van der Waals surface area contributed by atoms with Crippen molar-refractivity contribution in [2.75, 3.05) is 6.54 Å². The molecule has 1 aromatic rings. The van der Waals surface area contributed by atoms with E-state index in [1.54, 1.807) is 0 Å². The van der Waals surface area contributed by atoms with Gasteiger partial charge in [-0.3, -0.25) is 9.79 Å². The van der Waals surface area contributed by atoms with E-state index < -0.39 is 0 Å². The van der Waals surface area contributed by atoms with E-state index in [9.17, 15) is 4.79 Å². The van der Waals surface area contributed by atoms with E-state index in [1.807, 2.05) is 24.3 Å². The normalized spacial score (nSPS) is 14.8. The lowest BCUT2D eigenvalue weighted by molar-refractivity contribution is -0.102. The Labute approximate surface area is 70.9 Å². The van der Waals surface area contributed by atoms with Crippen molar-refractivity contribution in [1.29, 1.82) is 0 Å². The van der Waals surface area contributed by atoms with Gasteiger partial charge in [0.25, 0.3) is 0 Å². The number of fused-ring (bicyclic) bond motifs is 1. The van der Waals surface area contributed by atoms with Crippen LogP contribution in [0, 0.1) is 0 Å². The van der Waals surface area contributed by atoms with Crippen LogP contribution < -0.4 is 0 Å². The fourth-order valence-corrected chi connectivity index (χ4v) is 1.47. The second-order valence-electron chi connectivity index (χ2n) is 2.79. The molecule has 1 aliphatic heterocycles. The van der Waals surface area contributed by atoms with Gasteiger partial charge in [0.05, 0.1) is 0 Å². The molecule has 2 nitrogen and oxygen atoms in total. The lowest BCUT2D eigenvalue weighted by Gasteiger charge is -2.11. The summed E-state index contributed by atoms with van der Waals surface area (Å²) in [4.78, 5) is 14.7. The van der Waals surface area contributed by atoms with Crippen LogP contribution >= 0.6 is 0 Å². The predicted octanol–water partition coefficient (Wildman–Crippen LogP) is 1.23. The summed E-state index contributed by atoms with van der Waals surface area (Å²) in [6.07, 6.45) is 1.78. The quantitative estimate of drug-likeness (QED) is 0.567. The summed E-state index contributed by atoms with van der Waals surface area (Å²) in [5.41, 5.74) is 2.82. The molecule has 60 valence electrons. The number of aliphatic imine (C=N–C) groups is 1. The molecule has 2 heteroatoms. The van der Waals surface area contributed by atoms with Crippen LogP contribution in [0.25, 0.3) is 0 Å². The van der Waals surface area contributed by atoms with Crippen molar-refractivity contribution in [1.82, 2.24) is 0 Å². The van der Waals surface area contributed by atoms with Gasteiger partial charge in [0.1, 0.15) is 5.71 Å². The van der Waals surface area contributed by atoms with Crippen molar-refractivity contribution < 1.29 is 4.79 Å². The van der Waals surface area contributed by atoms with Gasteiger partial charge in [-0.25, -0.2) is 0 Å². The van der Waals surface area contributed by atoms with Gasteiger partial charge in [-0.1, -0.05) is 24.3 Å². The second-order valence-corrected chi connectivity index (χ2v) is 2.79. The molecule has 0 spiro atoms. The molecule has 0 radical (unpaired) electrons. The summed E-state index contributed by atoms with van der Waals surface area (Å²) in [5.74, 6) is 0. The van der Waals surface area contributed by atoms with E-state index in [0.29, 0.717) is 5.71 Å². The predicted molar refractivity (Wildman–Crippen MR) is 47.6 cm³/mol. The van der Waals surface area contributed by atoms with Crippen LogP contribution in [0.1, 0.15) is 11.1 Å². The molecule has 0 aliphatic carbocycles. The van der Waals surface area contributed by atoms with Crippen molar-refractivity contribution >= 4 is 12.0 Å². The van der Waals surface area contributed by atoms with Crippen LogP contribution in [0.15, 0.2) is 29.3 Å². The Balaban J connectivity index is 2.55. The molecule has 12 heavy (non-hydrogen) atoms. The highest BCUT2D eigenvalue weighted by Crippen LogP contribution is 2.14. The Morgan fingerprint density at radius 1 is 1.33 bits per heavy atom. The first-order valence-corrected chi connectivity index (χ1v) is 4.00. The average molecular weight is 159 g/mol. The fourth-order valence-electron chi connectivity index (χ4n) is 1.47. The number of hydrogen-bond donors (Lipinski definition) is 0. The number of carbonyl (C=O) groups is 1. The molecule has 0 saturated carbocycles. The zero-order valence-corrected chi connectivity index (χ0v) is 6.66. The fraction of sp³-hybridized carbons (Fsp3) is 0.200. The van der Waals surface area contributed by atoms with Gasteiger partial charge < -0.3 is 0 Å². The van der Waals surface area contributed by atoms with Crippen molar-refractivity contribution in [2.24, 2.45) is 4.99 Å². The van der Waals surface area contributed by atoms with Crippen molar-refractivity contribution in [3.05, 3.63) is 35.4 Å². The number of nitrogens with zero attached hydrogens (tertiary/aromatic N) is 1. The average Bonchev–Trinajstić information content (AvgIpc) is 2.17. The molecule has 0 saturated heterocycles. The Kier molecular flexibility index (Phi) is 1.74. The third-order valence-corrected chi connectivity index (χ3v) is 2.07. The molecule has 0 aromatic heterocycles. The van der Waals surface area contributed by atoms with E-state index in [0.717, 1.165) is 24.8 Å². The SMILES string of the molecule is O=CC1=NCCc2ccccc21. The highest BCUT2D eigenvalue weighted by atomic mass is 16.1. The summed E-state index contributed by atoms with van der Waals surface area (Å²) in [7, 11) is 0. The molecule has 0 bridgehead atoms. The van der Waals surface area contributed by atoms with Gasteiger partial charge in [-0.15, -0.1) is 0 Å². The Bertz CT molecular complexity index is 341. The second kappa shape index (κ2) is 2.89. The Morgan fingerprint density at radius 3 is 3.00 bits per heavy atom. The first kappa shape index (κ1) is 7.22. The minimum atomic E-state index is 0.594. The van der Waals surface area contributed by atoms with Gasteiger partial charge in [0.2, 0.25) is 0 Å². The Hall–Kier alpha value is -1.44. The lowest BCUT2D eigenvalue weighted by atomic mass is 9.99. The first-order valence-electron chi connectivity index (χ1n) is 4.00. The van der Waals surface area contributed by atoms with Crippen LogP contribution in [-0.2, 0) is 11.2 Å². The summed E-state index contributed by atoms with van der Waals surface area (Å²) < 4.78 is 0. The molecule has 0 N–H and O–H groups in total. The maximum atomic E-state index is 10.6. The van der Waals surface area contributed by atoms with Gasteiger partial charge >= 0.3 is 0 Å². The smallest absolute Gasteiger partial charge is 0.168 e. The van der Waals surface area contributed by atoms with Crippen LogP contribution in [-0.4, -0.2) is 18.5 Å². The molecular weight excluding hydrogens is 150 g/mol. The third kappa shape index (κ3) is 1.05. The molecule has 0 atom stereocenters. The van der Waals surface area contributed by atoms with E-state index in [4.69, 9.17) is 0 Å². The molecule has 1 aromatic carbocycles. The van der Waals surface area contributed by atoms with E-state index >= 15 is 0 Å². The highest BCUT2D eigenvalue weighted by Gasteiger charge is 2.11. The number of aldehydes is 1. The summed E-state index contributed by atoms with van der Waals surface area (Å²) in [5, 5.41) is 0. The molecule has 0 fully saturated rings. The van der Waals surface area contributed by atoms with Crippen LogP contribution in [0.2, 0.25) is 0 Å². The van der Waals surface area contributed by atoms with Crippen LogP contribution in [0.5, 0.6) is 0 Å². The van der Waals surface area contributed by atoms with Crippen LogP contribution in [0.3, 0.4) is 0 Å². The standard InChI is InChI=1S/C10H9NO/c12-7-10-9-4-2-1-3-8(9)5-6-11-10/h1-4,7H,5-6H2. The summed E-state index contributed by atoms with van der Waals surface area (Å²) >= 11 is 0. The van der Waals surface area contributed by atoms with Crippen LogP contribution in [0.4, 0.5) is 0 Å². The van der Waals surface area contributed by atoms with Gasteiger partial charge in [-0.05, 0) is 12.0 Å². The minimum absolute atomic E-state index is 0.594. The Morgan fingerprint density at radius 2 is 2.17 bits per heavy atom. The van der Waals surface area contributed by atoms with E-state index in [2.05, 4.69) is 4.99 Å². The molecule has 1 aliphatic rings. The van der Waals surface area contributed by atoms with Crippen molar-refractivity contribution in [3.63, 3.8) is 0 Å². The number of benzene rings is 1. The first-order chi connectivity index (χ1) is 5.92. The molecule has 0 amide bonds. The molecule has 0 unspecified atom stereocenters. The van der Waals surface area contributed by atoms with Gasteiger partial charge in [-0.2, -0.15) is 0 Å². The lowest BCUT2D eigenvalue weighted by Crippen LogP contribution is -2.13. The van der Waals surface area contributed by atoms with Gasteiger partial charge in [0, 0.05) is 12.1 Å². The summed E-state index contributed by atoms with van der Waals surface area (Å²) in [6, 6.07) is 7.92. The monoisotopic (exact) mass is 159 g/mol. The third-order valence-electron chi connectivity index (χ3n) is 2.07. The molecule has 1 heterocycles. The largest absolute Gasteiger partial charge is 0.296 e. The minimum Gasteiger partial charge on any atom is -0.296 e. The van der Waals surface area contributed by atoms with E-state index in [-0.39, 0.29) is 0 Å². The molecule has 2 rings (SSSR count). The molecular formula is C10H9NO. The van der Waals surface area contributed by atoms with E-state index in [1.165, 1.54) is 5.56 Å². The zero-order chi connectivity index (χ0) is 8.39. The zero-order valence-electron chi connectivity index (χ0n) is 6.66. The summed E-state index contributed by atoms with van der Waals surface area (Å²) in [6.45, 7) is 0.741. The van der Waals surface area contributed by atoms with Gasteiger partial charge in [0.15, 0.2) is 6.29 Å². The maximum Gasteiger partial charge on any atom is 0.168 e. The number of carbonyl (C=O) groups excluding carboxylic acids is 1. The number of rotatable bonds is 1. The van der Waals surface area contributed by atoms with Crippen molar-refractivity contribution in [3.8, 4) is 0 Å². The van der Waals surface area contributed by atoms with Crippen molar-refractivity contribution in [2.45, 2.75) is 6.42 Å².